The minimum atomic E-state index is -4.39. The minimum Gasteiger partial charge on any atom is -0.484 e. The van der Waals surface area contributed by atoms with Crippen LogP contribution in [0.15, 0.2) is 24.3 Å². The third-order valence-electron chi connectivity index (χ3n) is 3.45. The Kier molecular flexibility index (Phi) is 5.93. The number of alkyl halides is 3. The molecule has 0 radical (unpaired) electrons. The highest BCUT2D eigenvalue weighted by Gasteiger charge is 2.28. The van der Waals surface area contributed by atoms with Gasteiger partial charge in [0, 0.05) is 24.8 Å². The van der Waals surface area contributed by atoms with E-state index in [2.05, 4.69) is 10.1 Å². The lowest BCUT2D eigenvalue weighted by Gasteiger charge is -2.35. The molecular formula is C16H21F3N2O3. The SMILES string of the molecule is CC1CN(C(=O)CNc2cccc(OCC(F)(F)F)c2)CC(C)O1. The number of carbonyl (C=O) groups excluding carboxylic acids is 1. The molecule has 1 aromatic carbocycles. The summed E-state index contributed by atoms with van der Waals surface area (Å²) in [6, 6.07) is 6.10. The third kappa shape index (κ3) is 5.92. The van der Waals surface area contributed by atoms with E-state index < -0.39 is 12.8 Å². The standard InChI is InChI=1S/C16H21F3N2O3/c1-11-8-21(9-12(2)24-11)15(22)7-20-13-4-3-5-14(6-13)23-10-16(17,18)19/h3-6,11-12,20H,7-10H2,1-2H3. The number of rotatable bonds is 5. The molecule has 0 spiro atoms. The molecule has 1 aromatic rings. The van der Waals surface area contributed by atoms with Gasteiger partial charge in [-0.15, -0.1) is 0 Å². The number of morpholine rings is 1. The number of anilines is 1. The summed E-state index contributed by atoms with van der Waals surface area (Å²) < 4.78 is 46.8. The van der Waals surface area contributed by atoms with Crippen LogP contribution < -0.4 is 10.1 Å². The summed E-state index contributed by atoms with van der Waals surface area (Å²) in [5.74, 6) is 0.0111. The monoisotopic (exact) mass is 346 g/mol. The third-order valence-corrected chi connectivity index (χ3v) is 3.45. The first kappa shape index (κ1) is 18.4. The smallest absolute Gasteiger partial charge is 0.422 e. The second-order valence-electron chi connectivity index (χ2n) is 5.84. The molecule has 1 aliphatic rings. The highest BCUT2D eigenvalue weighted by molar-refractivity contribution is 5.81. The first-order chi connectivity index (χ1) is 11.2. The second kappa shape index (κ2) is 7.74. The molecule has 0 aromatic heterocycles. The Bertz CT molecular complexity index is 556. The van der Waals surface area contributed by atoms with E-state index in [1.807, 2.05) is 13.8 Å². The van der Waals surface area contributed by atoms with Crippen LogP contribution in [0.25, 0.3) is 0 Å². The lowest BCUT2D eigenvalue weighted by Crippen LogP contribution is -2.49. The number of ether oxygens (including phenoxy) is 2. The number of nitrogens with one attached hydrogen (secondary N) is 1. The second-order valence-corrected chi connectivity index (χ2v) is 5.84. The summed E-state index contributed by atoms with van der Waals surface area (Å²) in [6.07, 6.45) is -4.42. The summed E-state index contributed by atoms with van der Waals surface area (Å²) in [6.45, 7) is 3.58. The van der Waals surface area contributed by atoms with Crippen molar-refractivity contribution in [3.05, 3.63) is 24.3 Å². The highest BCUT2D eigenvalue weighted by Crippen LogP contribution is 2.21. The molecule has 1 heterocycles. The molecule has 2 rings (SSSR count). The molecule has 24 heavy (non-hydrogen) atoms. The van der Waals surface area contributed by atoms with Gasteiger partial charge in [0.15, 0.2) is 6.61 Å². The maximum absolute atomic E-state index is 12.2. The zero-order valence-electron chi connectivity index (χ0n) is 13.6. The number of nitrogens with zero attached hydrogens (tertiary/aromatic N) is 1. The van der Waals surface area contributed by atoms with Gasteiger partial charge in [-0.2, -0.15) is 13.2 Å². The van der Waals surface area contributed by atoms with Crippen molar-refractivity contribution in [3.8, 4) is 5.75 Å². The first-order valence-corrected chi connectivity index (χ1v) is 7.69. The molecule has 2 unspecified atom stereocenters. The summed E-state index contributed by atoms with van der Waals surface area (Å²) in [7, 11) is 0. The van der Waals surface area contributed by atoms with Crippen molar-refractivity contribution in [3.63, 3.8) is 0 Å². The number of amides is 1. The van der Waals surface area contributed by atoms with Gasteiger partial charge < -0.3 is 19.7 Å². The molecule has 1 fully saturated rings. The number of benzene rings is 1. The fourth-order valence-electron chi connectivity index (χ4n) is 2.53. The zero-order valence-corrected chi connectivity index (χ0v) is 13.6. The van der Waals surface area contributed by atoms with E-state index in [0.717, 1.165) is 0 Å². The van der Waals surface area contributed by atoms with Crippen LogP contribution in [0, 0.1) is 0 Å². The quantitative estimate of drug-likeness (QED) is 0.891. The highest BCUT2D eigenvalue weighted by atomic mass is 19.4. The van der Waals surface area contributed by atoms with Crippen molar-refractivity contribution in [2.45, 2.75) is 32.2 Å². The van der Waals surface area contributed by atoms with Crippen LogP contribution >= 0.6 is 0 Å². The predicted molar refractivity (Wildman–Crippen MR) is 83.1 cm³/mol. The fourth-order valence-corrected chi connectivity index (χ4v) is 2.53. The van der Waals surface area contributed by atoms with Gasteiger partial charge in [-0.3, -0.25) is 4.79 Å². The predicted octanol–water partition coefficient (Wildman–Crippen LogP) is 2.68. The van der Waals surface area contributed by atoms with Crippen LogP contribution in [0.4, 0.5) is 18.9 Å². The Hall–Kier alpha value is -1.96. The van der Waals surface area contributed by atoms with Gasteiger partial charge >= 0.3 is 6.18 Å². The molecule has 0 bridgehead atoms. The van der Waals surface area contributed by atoms with E-state index in [9.17, 15) is 18.0 Å². The number of carbonyl (C=O) groups is 1. The van der Waals surface area contributed by atoms with E-state index >= 15 is 0 Å². The molecule has 1 saturated heterocycles. The number of hydrogen-bond acceptors (Lipinski definition) is 4. The van der Waals surface area contributed by atoms with E-state index in [1.54, 1.807) is 17.0 Å². The summed E-state index contributed by atoms with van der Waals surface area (Å²) >= 11 is 0. The average Bonchev–Trinajstić information content (AvgIpc) is 2.49. The van der Waals surface area contributed by atoms with Crippen LogP contribution in [-0.4, -0.2) is 55.4 Å². The summed E-state index contributed by atoms with van der Waals surface area (Å²) in [4.78, 5) is 14.0. The van der Waals surface area contributed by atoms with E-state index in [4.69, 9.17) is 4.74 Å². The van der Waals surface area contributed by atoms with Crippen molar-refractivity contribution in [1.82, 2.24) is 4.90 Å². The molecule has 134 valence electrons. The maximum atomic E-state index is 12.2. The van der Waals surface area contributed by atoms with Gasteiger partial charge in [-0.1, -0.05) is 6.07 Å². The Balaban J connectivity index is 1.86. The van der Waals surface area contributed by atoms with E-state index in [1.165, 1.54) is 12.1 Å². The summed E-state index contributed by atoms with van der Waals surface area (Å²) in [5, 5.41) is 2.92. The van der Waals surface area contributed by atoms with Crippen molar-refractivity contribution < 1.29 is 27.4 Å². The lowest BCUT2D eigenvalue weighted by molar-refractivity contribution is -0.153. The van der Waals surface area contributed by atoms with Gasteiger partial charge in [-0.05, 0) is 26.0 Å². The van der Waals surface area contributed by atoms with Crippen LogP contribution in [0.3, 0.4) is 0 Å². The molecule has 5 nitrogen and oxygen atoms in total. The zero-order chi connectivity index (χ0) is 17.7. The van der Waals surface area contributed by atoms with E-state index in [0.29, 0.717) is 18.8 Å². The van der Waals surface area contributed by atoms with Crippen molar-refractivity contribution in [1.29, 1.82) is 0 Å². The van der Waals surface area contributed by atoms with E-state index in [-0.39, 0.29) is 30.4 Å². The van der Waals surface area contributed by atoms with Gasteiger partial charge in [-0.25, -0.2) is 0 Å². The van der Waals surface area contributed by atoms with Crippen molar-refractivity contribution in [2.75, 3.05) is 31.6 Å². The number of hydrogen-bond donors (Lipinski definition) is 1. The van der Waals surface area contributed by atoms with Crippen LogP contribution in [0.1, 0.15) is 13.8 Å². The van der Waals surface area contributed by atoms with Gasteiger partial charge in [0.25, 0.3) is 0 Å². The Morgan fingerprint density at radius 1 is 1.33 bits per heavy atom. The minimum absolute atomic E-state index is 0.0169. The van der Waals surface area contributed by atoms with Crippen molar-refractivity contribution >= 4 is 11.6 Å². The normalized spacial score (nSPS) is 21.5. The fraction of sp³-hybridized carbons (Fsp3) is 0.562. The van der Waals surface area contributed by atoms with Gasteiger partial charge in [0.1, 0.15) is 5.75 Å². The first-order valence-electron chi connectivity index (χ1n) is 7.69. The summed E-state index contributed by atoms with van der Waals surface area (Å²) in [5.41, 5.74) is 0.525. The lowest BCUT2D eigenvalue weighted by atomic mass is 10.2. The topological polar surface area (TPSA) is 50.8 Å². The Labute approximate surface area is 138 Å². The molecule has 8 heteroatoms. The average molecular weight is 346 g/mol. The Morgan fingerprint density at radius 2 is 2.00 bits per heavy atom. The van der Waals surface area contributed by atoms with Gasteiger partial charge in [0.05, 0.1) is 18.8 Å². The molecule has 1 amide bonds. The van der Waals surface area contributed by atoms with Crippen LogP contribution in [0.5, 0.6) is 5.75 Å². The molecule has 0 aliphatic carbocycles. The van der Waals surface area contributed by atoms with Crippen LogP contribution in [-0.2, 0) is 9.53 Å². The van der Waals surface area contributed by atoms with Crippen molar-refractivity contribution in [2.24, 2.45) is 0 Å². The molecule has 1 aliphatic heterocycles. The molecule has 2 atom stereocenters. The largest absolute Gasteiger partial charge is 0.484 e. The Morgan fingerprint density at radius 3 is 2.62 bits per heavy atom. The van der Waals surface area contributed by atoms with Gasteiger partial charge in [0.2, 0.25) is 5.91 Å². The maximum Gasteiger partial charge on any atom is 0.422 e. The molecule has 1 N–H and O–H groups in total. The van der Waals surface area contributed by atoms with Crippen LogP contribution in [0.2, 0.25) is 0 Å². The molecular weight excluding hydrogens is 325 g/mol. The molecule has 0 saturated carbocycles. The number of halogens is 3.